The zero-order valence-electron chi connectivity index (χ0n) is 9.60. The predicted molar refractivity (Wildman–Crippen MR) is 71.1 cm³/mol. The van der Waals surface area contributed by atoms with E-state index in [4.69, 9.17) is 0 Å². The summed E-state index contributed by atoms with van der Waals surface area (Å²) in [6.45, 7) is 0. The number of benzene rings is 1. The molecule has 0 aliphatic rings. The Morgan fingerprint density at radius 2 is 2.11 bits per heavy atom. The number of hydrogen-bond donors (Lipinski definition) is 0. The minimum Gasteiger partial charge on any atom is -0.296 e. The van der Waals surface area contributed by atoms with E-state index < -0.39 is 5.82 Å². The second kappa shape index (κ2) is 5.27. The Balaban J connectivity index is 2.34. The molecule has 0 spiro atoms. The molecule has 0 unspecified atom stereocenters. The molecule has 0 bridgehead atoms. The molecule has 0 aliphatic carbocycles. The number of pyridine rings is 1. The minimum absolute atomic E-state index is 0.267. The average molecular weight is 309 g/mol. The van der Waals surface area contributed by atoms with Gasteiger partial charge in [-0.15, -0.1) is 0 Å². The highest BCUT2D eigenvalue weighted by atomic mass is 79.9. The SMILES string of the molecule is CN(C(=O)c1cc(F)ccc1Br)c1ccccn1. The Morgan fingerprint density at radius 3 is 2.78 bits per heavy atom. The summed E-state index contributed by atoms with van der Waals surface area (Å²) in [5.74, 6) is -0.255. The number of aromatic nitrogens is 1. The van der Waals surface area contributed by atoms with Crippen LogP contribution in [0.2, 0.25) is 0 Å². The van der Waals surface area contributed by atoms with Crippen LogP contribution in [0.5, 0.6) is 0 Å². The van der Waals surface area contributed by atoms with Gasteiger partial charge < -0.3 is 0 Å². The van der Waals surface area contributed by atoms with E-state index in [2.05, 4.69) is 20.9 Å². The number of rotatable bonds is 2. The van der Waals surface area contributed by atoms with Crippen molar-refractivity contribution in [1.29, 1.82) is 0 Å². The maximum absolute atomic E-state index is 13.2. The molecule has 1 aromatic carbocycles. The Bertz CT molecular complexity index is 574. The van der Waals surface area contributed by atoms with Gasteiger partial charge in [-0.2, -0.15) is 0 Å². The van der Waals surface area contributed by atoms with E-state index in [1.165, 1.54) is 23.1 Å². The normalized spacial score (nSPS) is 10.2. The Kier molecular flexibility index (Phi) is 3.72. The third kappa shape index (κ3) is 2.56. The van der Waals surface area contributed by atoms with Crippen LogP contribution in [0.4, 0.5) is 10.2 Å². The highest BCUT2D eigenvalue weighted by Crippen LogP contribution is 2.21. The van der Waals surface area contributed by atoms with Crippen molar-refractivity contribution >= 4 is 27.7 Å². The van der Waals surface area contributed by atoms with E-state index in [-0.39, 0.29) is 11.5 Å². The zero-order chi connectivity index (χ0) is 13.1. The summed E-state index contributed by atoms with van der Waals surface area (Å²) in [5, 5.41) is 0. The van der Waals surface area contributed by atoms with Crippen molar-refractivity contribution in [3.8, 4) is 0 Å². The lowest BCUT2D eigenvalue weighted by molar-refractivity contribution is 0.0991. The molecule has 0 aliphatic heterocycles. The third-order valence-electron chi connectivity index (χ3n) is 2.46. The molecule has 0 saturated carbocycles. The molecule has 0 fully saturated rings. The van der Waals surface area contributed by atoms with Gasteiger partial charge in [0.2, 0.25) is 0 Å². The van der Waals surface area contributed by atoms with Gasteiger partial charge >= 0.3 is 0 Å². The second-order valence-electron chi connectivity index (χ2n) is 3.68. The lowest BCUT2D eigenvalue weighted by Gasteiger charge is -2.16. The Labute approximate surface area is 112 Å². The summed E-state index contributed by atoms with van der Waals surface area (Å²) >= 11 is 3.24. The molecule has 18 heavy (non-hydrogen) atoms. The van der Waals surface area contributed by atoms with Gasteiger partial charge in [-0.25, -0.2) is 9.37 Å². The molecule has 0 radical (unpaired) electrons. The van der Waals surface area contributed by atoms with E-state index >= 15 is 0 Å². The van der Waals surface area contributed by atoms with Crippen LogP contribution in [0.15, 0.2) is 47.1 Å². The van der Waals surface area contributed by atoms with Gasteiger partial charge in [-0.3, -0.25) is 9.69 Å². The summed E-state index contributed by atoms with van der Waals surface area (Å²) in [6, 6.07) is 9.26. The van der Waals surface area contributed by atoms with Gasteiger partial charge in [-0.05, 0) is 46.3 Å². The average Bonchev–Trinajstić information content (AvgIpc) is 2.41. The number of nitrogens with zero attached hydrogens (tertiary/aromatic N) is 2. The highest BCUT2D eigenvalue weighted by Gasteiger charge is 2.17. The number of anilines is 1. The number of halogens is 2. The van der Waals surface area contributed by atoms with Crippen LogP contribution in [0, 0.1) is 5.82 Å². The molecular formula is C13H10BrFN2O. The van der Waals surface area contributed by atoms with Crippen LogP contribution in [-0.2, 0) is 0 Å². The summed E-state index contributed by atoms with van der Waals surface area (Å²) < 4.78 is 13.7. The zero-order valence-corrected chi connectivity index (χ0v) is 11.2. The summed E-state index contributed by atoms with van der Waals surface area (Å²) in [4.78, 5) is 17.7. The van der Waals surface area contributed by atoms with E-state index in [1.54, 1.807) is 31.4 Å². The fourth-order valence-corrected chi connectivity index (χ4v) is 1.91. The van der Waals surface area contributed by atoms with Crippen LogP contribution >= 0.6 is 15.9 Å². The third-order valence-corrected chi connectivity index (χ3v) is 3.15. The highest BCUT2D eigenvalue weighted by molar-refractivity contribution is 9.10. The molecule has 2 rings (SSSR count). The molecule has 0 N–H and O–H groups in total. The van der Waals surface area contributed by atoms with Crippen LogP contribution < -0.4 is 4.90 Å². The van der Waals surface area contributed by atoms with Crippen LogP contribution in [-0.4, -0.2) is 17.9 Å². The van der Waals surface area contributed by atoms with Crippen molar-refractivity contribution in [3.05, 3.63) is 58.4 Å². The van der Waals surface area contributed by atoms with E-state index in [1.807, 2.05) is 0 Å². The molecule has 0 atom stereocenters. The minimum atomic E-state index is -0.448. The van der Waals surface area contributed by atoms with Gasteiger partial charge in [0.15, 0.2) is 0 Å². The van der Waals surface area contributed by atoms with Crippen LogP contribution in [0.25, 0.3) is 0 Å². The van der Waals surface area contributed by atoms with Gasteiger partial charge in [0.25, 0.3) is 5.91 Å². The Hall–Kier alpha value is -1.75. The molecule has 2 aromatic rings. The van der Waals surface area contributed by atoms with Crippen molar-refractivity contribution in [2.75, 3.05) is 11.9 Å². The first-order valence-corrected chi connectivity index (χ1v) is 6.03. The summed E-state index contributed by atoms with van der Waals surface area (Å²) in [6.07, 6.45) is 1.60. The maximum Gasteiger partial charge on any atom is 0.260 e. The molecule has 92 valence electrons. The Morgan fingerprint density at radius 1 is 1.33 bits per heavy atom. The van der Waals surface area contributed by atoms with Crippen LogP contribution in [0.1, 0.15) is 10.4 Å². The monoisotopic (exact) mass is 308 g/mol. The standard InChI is InChI=1S/C13H10BrFN2O/c1-17(12-4-2-3-7-16-12)13(18)10-8-9(15)5-6-11(10)14/h2-8H,1H3. The summed E-state index contributed by atoms with van der Waals surface area (Å²) in [5.41, 5.74) is 0.267. The molecule has 0 saturated heterocycles. The van der Waals surface area contributed by atoms with E-state index in [0.717, 1.165) is 0 Å². The number of carbonyl (C=O) groups excluding carboxylic acids is 1. The first kappa shape index (κ1) is 12.7. The first-order valence-electron chi connectivity index (χ1n) is 5.24. The molecular weight excluding hydrogens is 299 g/mol. The van der Waals surface area contributed by atoms with Crippen molar-refractivity contribution in [3.63, 3.8) is 0 Å². The van der Waals surface area contributed by atoms with Crippen molar-refractivity contribution in [2.24, 2.45) is 0 Å². The predicted octanol–water partition coefficient (Wildman–Crippen LogP) is 3.26. The smallest absolute Gasteiger partial charge is 0.260 e. The molecule has 1 aromatic heterocycles. The fourth-order valence-electron chi connectivity index (χ4n) is 1.50. The quantitative estimate of drug-likeness (QED) is 0.853. The molecule has 3 nitrogen and oxygen atoms in total. The largest absolute Gasteiger partial charge is 0.296 e. The fraction of sp³-hybridized carbons (Fsp3) is 0.0769. The maximum atomic E-state index is 13.2. The van der Waals surface area contributed by atoms with Crippen molar-refractivity contribution in [1.82, 2.24) is 4.98 Å². The van der Waals surface area contributed by atoms with Gasteiger partial charge in [0, 0.05) is 17.7 Å². The molecule has 1 heterocycles. The topological polar surface area (TPSA) is 33.2 Å². The number of amides is 1. The van der Waals surface area contributed by atoms with Gasteiger partial charge in [0.05, 0.1) is 5.56 Å². The number of carbonyl (C=O) groups is 1. The van der Waals surface area contributed by atoms with E-state index in [9.17, 15) is 9.18 Å². The lowest BCUT2D eigenvalue weighted by Crippen LogP contribution is -2.27. The number of hydrogen-bond acceptors (Lipinski definition) is 2. The lowest BCUT2D eigenvalue weighted by atomic mass is 10.2. The summed E-state index contributed by atoms with van der Waals surface area (Å²) in [7, 11) is 1.60. The van der Waals surface area contributed by atoms with Crippen LogP contribution in [0.3, 0.4) is 0 Å². The van der Waals surface area contributed by atoms with Gasteiger partial charge in [-0.1, -0.05) is 6.07 Å². The van der Waals surface area contributed by atoms with Crippen molar-refractivity contribution in [2.45, 2.75) is 0 Å². The molecule has 1 amide bonds. The van der Waals surface area contributed by atoms with Crippen molar-refractivity contribution < 1.29 is 9.18 Å². The molecule has 5 heteroatoms. The van der Waals surface area contributed by atoms with Gasteiger partial charge in [0.1, 0.15) is 11.6 Å². The van der Waals surface area contributed by atoms with E-state index in [0.29, 0.717) is 10.3 Å². The second-order valence-corrected chi connectivity index (χ2v) is 4.53. The first-order chi connectivity index (χ1) is 8.59.